The van der Waals surface area contributed by atoms with Gasteiger partial charge in [0.2, 0.25) is 11.7 Å². The van der Waals surface area contributed by atoms with E-state index in [4.69, 9.17) is 4.74 Å². The number of pyridine rings is 2. The number of hydrogen-bond donors (Lipinski definition) is 0. The molecule has 8 rings (SSSR count). The third-order valence-electron chi connectivity index (χ3n) is 8.58. The lowest BCUT2D eigenvalue weighted by atomic mass is 9.91. The molecule has 6 aromatic rings. The van der Waals surface area contributed by atoms with E-state index in [-0.39, 0.29) is 17.4 Å². The van der Waals surface area contributed by atoms with Gasteiger partial charge in [-0.15, -0.1) is 0 Å². The van der Waals surface area contributed by atoms with Crippen LogP contribution in [-0.4, -0.2) is 54.3 Å². The number of fused-ring (bicyclic) bond motifs is 2. The summed E-state index contributed by atoms with van der Waals surface area (Å²) in [5.74, 6) is 1.29. The van der Waals surface area contributed by atoms with Crippen LogP contribution in [0.25, 0.3) is 27.8 Å². The Kier molecular flexibility index (Phi) is 5.73. The number of nitrogens with zero attached hydrogens (tertiary/aromatic N) is 6. The van der Waals surface area contributed by atoms with Crippen LogP contribution in [0, 0.1) is 0 Å². The van der Waals surface area contributed by atoms with Gasteiger partial charge in [-0.25, -0.2) is 15.0 Å². The van der Waals surface area contributed by atoms with Crippen molar-refractivity contribution >= 4 is 22.6 Å². The molecule has 8 nitrogen and oxygen atoms in total. The second-order valence-electron chi connectivity index (χ2n) is 11.2. The highest BCUT2D eigenvalue weighted by molar-refractivity contribution is 5.95. The fraction of sp³-hybridized carbons (Fsp3) is 0.206. The minimum atomic E-state index is -0.0755. The first kappa shape index (κ1) is 24.7. The van der Waals surface area contributed by atoms with Gasteiger partial charge in [-0.05, 0) is 60.4 Å². The first-order chi connectivity index (χ1) is 20.7. The lowest BCUT2D eigenvalue weighted by molar-refractivity contribution is 0.0771. The van der Waals surface area contributed by atoms with E-state index in [1.54, 1.807) is 6.20 Å². The summed E-state index contributed by atoms with van der Waals surface area (Å²) in [4.78, 5) is 33.1. The predicted molar refractivity (Wildman–Crippen MR) is 159 cm³/mol. The number of imidazole rings is 1. The van der Waals surface area contributed by atoms with Crippen molar-refractivity contribution in [3.63, 3.8) is 0 Å². The van der Waals surface area contributed by atoms with E-state index in [0.29, 0.717) is 30.3 Å². The molecule has 2 aromatic carbocycles. The monoisotopic (exact) mass is 552 g/mol. The molecule has 2 fully saturated rings. The van der Waals surface area contributed by atoms with E-state index in [9.17, 15) is 4.79 Å². The maximum absolute atomic E-state index is 13.2. The molecule has 1 aliphatic carbocycles. The van der Waals surface area contributed by atoms with Gasteiger partial charge in [0.25, 0.3) is 5.91 Å². The third kappa shape index (κ3) is 4.27. The van der Waals surface area contributed by atoms with Crippen LogP contribution in [0.2, 0.25) is 0 Å². The largest absolute Gasteiger partial charge is 0.472 e. The summed E-state index contributed by atoms with van der Waals surface area (Å²) >= 11 is 0. The maximum Gasteiger partial charge on any atom is 0.253 e. The predicted octanol–water partition coefficient (Wildman–Crippen LogP) is 5.71. The Hall–Kier alpha value is -5.11. The lowest BCUT2D eigenvalue weighted by Gasteiger charge is -2.17. The number of hydrogen-bond acceptors (Lipinski definition) is 6. The van der Waals surface area contributed by atoms with Gasteiger partial charge < -0.3 is 9.64 Å². The number of likely N-dealkylation sites (tertiary alicyclic amines) is 1. The highest BCUT2D eigenvalue weighted by atomic mass is 16.5. The standard InChI is InChI=1S/C34H28N6O2/c41-32(39-17-12-28(22-39)42-31-5-1-2-15-36-31)24-8-6-23(7-9-24)26-19-37-33-38-20-30(40(33)21-26)34(13-14-34)27-10-11-29-25(18-27)4-3-16-35-29/h1-11,15-16,18-21,28H,12-14,17,22H2/t28-/m0/s1. The summed E-state index contributed by atoms with van der Waals surface area (Å²) in [7, 11) is 0. The Balaban J connectivity index is 1.03. The summed E-state index contributed by atoms with van der Waals surface area (Å²) in [5.41, 5.74) is 6.00. The normalized spacial score (nSPS) is 17.5. The van der Waals surface area contributed by atoms with Crippen LogP contribution in [0.4, 0.5) is 0 Å². The minimum Gasteiger partial charge on any atom is -0.472 e. The summed E-state index contributed by atoms with van der Waals surface area (Å²) in [6.45, 7) is 1.22. The zero-order chi connectivity index (χ0) is 28.1. The third-order valence-corrected chi connectivity index (χ3v) is 8.58. The Morgan fingerprint density at radius 1 is 0.857 bits per heavy atom. The summed E-state index contributed by atoms with van der Waals surface area (Å²) in [5, 5.41) is 1.15. The lowest BCUT2D eigenvalue weighted by Crippen LogP contribution is -2.31. The number of rotatable bonds is 6. The molecule has 0 bridgehead atoms. The van der Waals surface area contributed by atoms with Gasteiger partial charge in [-0.3, -0.25) is 14.2 Å². The molecule has 1 amide bonds. The van der Waals surface area contributed by atoms with Gasteiger partial charge in [0.15, 0.2) is 0 Å². The van der Waals surface area contributed by atoms with Crippen LogP contribution in [0.3, 0.4) is 0 Å². The van der Waals surface area contributed by atoms with Crippen molar-refractivity contribution in [3.8, 4) is 17.0 Å². The van der Waals surface area contributed by atoms with Crippen molar-refractivity contribution in [3.05, 3.63) is 121 Å². The molecular formula is C34H28N6O2. The van der Waals surface area contributed by atoms with Crippen molar-refractivity contribution in [2.24, 2.45) is 0 Å². The van der Waals surface area contributed by atoms with Crippen molar-refractivity contribution in [2.45, 2.75) is 30.8 Å². The molecule has 0 radical (unpaired) electrons. The Morgan fingerprint density at radius 2 is 1.71 bits per heavy atom. The molecule has 0 unspecified atom stereocenters. The summed E-state index contributed by atoms with van der Waals surface area (Å²) in [6, 6.07) is 24.0. The number of carbonyl (C=O) groups is 1. The van der Waals surface area contributed by atoms with E-state index in [1.807, 2.05) is 72.0 Å². The smallest absolute Gasteiger partial charge is 0.253 e. The van der Waals surface area contributed by atoms with Crippen LogP contribution in [0.5, 0.6) is 5.88 Å². The topological polar surface area (TPSA) is 85.5 Å². The van der Waals surface area contributed by atoms with Crippen LogP contribution in [0.15, 0.2) is 104 Å². The molecule has 1 saturated heterocycles. The molecular weight excluding hydrogens is 524 g/mol. The Bertz CT molecular complexity index is 1930. The number of carbonyl (C=O) groups excluding carboxylic acids is 1. The average molecular weight is 553 g/mol. The molecule has 4 aromatic heterocycles. The van der Waals surface area contributed by atoms with Gasteiger partial charge in [-0.2, -0.15) is 0 Å². The second-order valence-corrected chi connectivity index (χ2v) is 11.2. The molecule has 8 heteroatoms. The van der Waals surface area contributed by atoms with Crippen molar-refractivity contribution in [2.75, 3.05) is 13.1 Å². The van der Waals surface area contributed by atoms with Crippen LogP contribution < -0.4 is 4.74 Å². The van der Waals surface area contributed by atoms with E-state index in [1.165, 1.54) is 5.56 Å². The molecule has 2 aliphatic rings. The van der Waals surface area contributed by atoms with E-state index >= 15 is 0 Å². The molecule has 1 aliphatic heterocycles. The van der Waals surface area contributed by atoms with Gasteiger partial charge in [-0.1, -0.05) is 30.3 Å². The summed E-state index contributed by atoms with van der Waals surface area (Å²) < 4.78 is 8.09. The number of ether oxygens (including phenoxy) is 1. The van der Waals surface area contributed by atoms with Crippen molar-refractivity contribution < 1.29 is 9.53 Å². The summed E-state index contributed by atoms with van der Waals surface area (Å²) in [6.07, 6.45) is 12.3. The Morgan fingerprint density at radius 3 is 2.55 bits per heavy atom. The van der Waals surface area contributed by atoms with Gasteiger partial charge in [0.1, 0.15) is 6.10 Å². The van der Waals surface area contributed by atoms with Crippen molar-refractivity contribution in [1.82, 2.24) is 29.2 Å². The molecule has 1 atom stereocenters. The molecule has 0 spiro atoms. The fourth-order valence-electron chi connectivity index (χ4n) is 6.15. The maximum atomic E-state index is 13.2. The zero-order valence-corrected chi connectivity index (χ0v) is 22.9. The van der Waals surface area contributed by atoms with E-state index in [0.717, 1.165) is 47.0 Å². The number of benzene rings is 2. The zero-order valence-electron chi connectivity index (χ0n) is 22.9. The number of aromatic nitrogens is 5. The molecule has 5 heterocycles. The quantitative estimate of drug-likeness (QED) is 0.263. The minimum absolute atomic E-state index is 0.0143. The van der Waals surface area contributed by atoms with E-state index < -0.39 is 0 Å². The highest BCUT2D eigenvalue weighted by Gasteiger charge is 2.48. The van der Waals surface area contributed by atoms with Gasteiger partial charge >= 0.3 is 0 Å². The molecule has 0 N–H and O–H groups in total. The molecule has 206 valence electrons. The van der Waals surface area contributed by atoms with Crippen molar-refractivity contribution in [1.29, 1.82) is 0 Å². The first-order valence-corrected chi connectivity index (χ1v) is 14.3. The van der Waals surface area contributed by atoms with Crippen LogP contribution in [-0.2, 0) is 5.41 Å². The first-order valence-electron chi connectivity index (χ1n) is 14.3. The molecule has 1 saturated carbocycles. The van der Waals surface area contributed by atoms with Crippen LogP contribution in [0.1, 0.15) is 40.9 Å². The van der Waals surface area contributed by atoms with Gasteiger partial charge in [0.05, 0.1) is 24.0 Å². The molecule has 42 heavy (non-hydrogen) atoms. The van der Waals surface area contributed by atoms with E-state index in [2.05, 4.69) is 54.8 Å². The Labute approximate surface area is 242 Å². The SMILES string of the molecule is O=C(c1ccc(-c2cnc3ncc(C4(c5ccc6ncccc6c5)CC4)n3c2)cc1)N1CC[C@H](Oc2ccccn2)C1. The van der Waals surface area contributed by atoms with Crippen LogP contribution >= 0.6 is 0 Å². The average Bonchev–Trinajstić information content (AvgIpc) is 3.52. The second kappa shape index (κ2) is 9.76. The number of amides is 1. The fourth-order valence-corrected chi connectivity index (χ4v) is 6.15. The van der Waals surface area contributed by atoms with Gasteiger partial charge in [0, 0.05) is 65.7 Å². The highest BCUT2D eigenvalue weighted by Crippen LogP contribution is 2.53.